The van der Waals surface area contributed by atoms with E-state index in [1.165, 1.54) is 77.4 Å². The third-order valence-corrected chi connectivity index (χ3v) is 5.22. The minimum Gasteiger partial charge on any atom is -0.303 e. The first kappa shape index (κ1) is 14.1. The second-order valence-electron chi connectivity index (χ2n) is 6.69. The van der Waals surface area contributed by atoms with Crippen LogP contribution >= 0.6 is 0 Å². The molecule has 1 nitrogen and oxygen atoms in total. The molecule has 0 radical (unpaired) electrons. The summed E-state index contributed by atoms with van der Waals surface area (Å²) < 4.78 is 0. The van der Waals surface area contributed by atoms with Gasteiger partial charge in [0, 0.05) is 0 Å². The van der Waals surface area contributed by atoms with Crippen molar-refractivity contribution in [2.45, 2.75) is 63.7 Å². The van der Waals surface area contributed by atoms with E-state index in [-0.39, 0.29) is 0 Å². The molecule has 1 atom stereocenters. The summed E-state index contributed by atoms with van der Waals surface area (Å²) in [4.78, 5) is 2.68. The maximum absolute atomic E-state index is 2.68. The van der Waals surface area contributed by atoms with Crippen molar-refractivity contribution in [3.8, 4) is 0 Å². The second-order valence-corrected chi connectivity index (χ2v) is 6.69. The maximum atomic E-state index is 2.68. The molecule has 0 saturated carbocycles. The van der Waals surface area contributed by atoms with Crippen LogP contribution in [0.15, 0.2) is 24.3 Å². The van der Waals surface area contributed by atoms with Crippen LogP contribution in [0.1, 0.15) is 68.4 Å². The fourth-order valence-corrected chi connectivity index (χ4v) is 4.06. The van der Waals surface area contributed by atoms with Gasteiger partial charge in [-0.3, -0.25) is 0 Å². The Morgan fingerprint density at radius 2 is 1.80 bits per heavy atom. The Balaban J connectivity index is 1.43. The van der Waals surface area contributed by atoms with E-state index in [0.717, 1.165) is 5.92 Å². The molecule has 3 rings (SSSR count). The van der Waals surface area contributed by atoms with Crippen LogP contribution in [-0.2, 0) is 6.42 Å². The van der Waals surface area contributed by atoms with Gasteiger partial charge in [-0.1, -0.05) is 37.1 Å². The van der Waals surface area contributed by atoms with Crippen molar-refractivity contribution in [1.29, 1.82) is 0 Å². The smallest absolute Gasteiger partial charge is 0.00187 e. The van der Waals surface area contributed by atoms with Crippen molar-refractivity contribution >= 4 is 0 Å². The van der Waals surface area contributed by atoms with Gasteiger partial charge in [-0.2, -0.15) is 0 Å². The molecule has 2 aliphatic rings. The molecule has 0 amide bonds. The van der Waals surface area contributed by atoms with E-state index in [0.29, 0.717) is 0 Å². The average molecular weight is 271 g/mol. The fourth-order valence-electron chi connectivity index (χ4n) is 4.06. The average Bonchev–Trinajstić information content (AvgIpc) is 2.53. The molecule has 1 aromatic carbocycles. The van der Waals surface area contributed by atoms with Crippen LogP contribution in [0.5, 0.6) is 0 Å². The molecule has 20 heavy (non-hydrogen) atoms. The van der Waals surface area contributed by atoms with Crippen LogP contribution in [0.4, 0.5) is 0 Å². The molecule has 1 fully saturated rings. The quantitative estimate of drug-likeness (QED) is 0.698. The summed E-state index contributed by atoms with van der Waals surface area (Å²) in [6.07, 6.45) is 12.6. The summed E-state index contributed by atoms with van der Waals surface area (Å²) in [6.45, 7) is 4.05. The van der Waals surface area contributed by atoms with Crippen molar-refractivity contribution in [2.75, 3.05) is 19.6 Å². The minimum atomic E-state index is 0.848. The van der Waals surface area contributed by atoms with Gasteiger partial charge in [0.2, 0.25) is 0 Å². The lowest BCUT2D eigenvalue weighted by molar-refractivity contribution is 0.223. The van der Waals surface area contributed by atoms with E-state index < -0.39 is 0 Å². The van der Waals surface area contributed by atoms with E-state index in [1.807, 2.05) is 0 Å². The van der Waals surface area contributed by atoms with Crippen LogP contribution in [0.2, 0.25) is 0 Å². The van der Waals surface area contributed by atoms with Gasteiger partial charge in [-0.15, -0.1) is 0 Å². The van der Waals surface area contributed by atoms with Gasteiger partial charge >= 0.3 is 0 Å². The number of hydrogen-bond donors (Lipinski definition) is 0. The van der Waals surface area contributed by atoms with Crippen LogP contribution in [0, 0.1) is 0 Å². The molecule has 1 aliphatic carbocycles. The van der Waals surface area contributed by atoms with Gasteiger partial charge in [0.15, 0.2) is 0 Å². The van der Waals surface area contributed by atoms with Crippen molar-refractivity contribution in [3.63, 3.8) is 0 Å². The fraction of sp³-hybridized carbons (Fsp3) is 0.684. The third-order valence-electron chi connectivity index (χ3n) is 5.22. The topological polar surface area (TPSA) is 3.24 Å². The number of nitrogens with zero attached hydrogens (tertiary/aromatic N) is 1. The van der Waals surface area contributed by atoms with Gasteiger partial charge in [0.05, 0.1) is 0 Å². The van der Waals surface area contributed by atoms with Crippen LogP contribution in [0.3, 0.4) is 0 Å². The van der Waals surface area contributed by atoms with E-state index >= 15 is 0 Å². The Morgan fingerprint density at radius 1 is 0.950 bits per heavy atom. The molecule has 0 N–H and O–H groups in total. The molecule has 1 aromatic rings. The zero-order chi connectivity index (χ0) is 13.6. The van der Waals surface area contributed by atoms with Gasteiger partial charge in [-0.05, 0) is 81.6 Å². The first-order valence-electron chi connectivity index (χ1n) is 8.73. The molecular weight excluding hydrogens is 242 g/mol. The first-order valence-corrected chi connectivity index (χ1v) is 8.73. The Kier molecular flexibility index (Phi) is 5.13. The summed E-state index contributed by atoms with van der Waals surface area (Å²) in [5.74, 6) is 0.848. The molecule has 0 bridgehead atoms. The van der Waals surface area contributed by atoms with Crippen LogP contribution in [-0.4, -0.2) is 24.5 Å². The molecule has 1 saturated heterocycles. The zero-order valence-corrected chi connectivity index (χ0v) is 12.8. The third kappa shape index (κ3) is 3.63. The predicted octanol–water partition coefficient (Wildman–Crippen LogP) is 4.76. The summed E-state index contributed by atoms with van der Waals surface area (Å²) in [5.41, 5.74) is 3.29. The Labute approximate surface area is 124 Å². The number of aryl methyl sites for hydroxylation is 1. The molecule has 110 valence electrons. The second kappa shape index (κ2) is 7.26. The van der Waals surface area contributed by atoms with Crippen molar-refractivity contribution in [1.82, 2.24) is 4.90 Å². The van der Waals surface area contributed by atoms with Crippen LogP contribution in [0.25, 0.3) is 0 Å². The number of unbranched alkanes of at least 4 members (excludes halogenated alkanes) is 1. The minimum absolute atomic E-state index is 0.848. The van der Waals surface area contributed by atoms with Gasteiger partial charge in [-0.25, -0.2) is 0 Å². The normalized spacial score (nSPS) is 23.5. The molecule has 1 heteroatoms. The number of benzene rings is 1. The highest BCUT2D eigenvalue weighted by molar-refractivity contribution is 5.32. The lowest BCUT2D eigenvalue weighted by Gasteiger charge is -2.28. The predicted molar refractivity (Wildman–Crippen MR) is 86.3 cm³/mol. The largest absolute Gasteiger partial charge is 0.303 e. The molecule has 0 aromatic heterocycles. The van der Waals surface area contributed by atoms with Gasteiger partial charge < -0.3 is 4.90 Å². The zero-order valence-electron chi connectivity index (χ0n) is 12.8. The van der Waals surface area contributed by atoms with E-state index in [1.54, 1.807) is 11.1 Å². The van der Waals surface area contributed by atoms with Crippen molar-refractivity contribution in [2.24, 2.45) is 0 Å². The standard InChI is InChI=1S/C19H29N/c1-5-14-20(15-6-1)16-7-4-10-18-12-8-11-17-9-2-3-13-19(17)18/h2-3,9,13,18H,1,4-8,10-12,14-16H2/t18-/m1/s1. The number of hydrogen-bond acceptors (Lipinski definition) is 1. The lowest BCUT2D eigenvalue weighted by Crippen LogP contribution is -2.30. The highest BCUT2D eigenvalue weighted by Crippen LogP contribution is 2.34. The first-order chi connectivity index (χ1) is 9.93. The van der Waals surface area contributed by atoms with E-state index in [4.69, 9.17) is 0 Å². The van der Waals surface area contributed by atoms with Crippen LogP contribution < -0.4 is 0 Å². The Morgan fingerprint density at radius 3 is 2.70 bits per heavy atom. The SMILES string of the molecule is c1ccc2c(c1)CCC[C@H]2CCCCN1CCCCC1. The Hall–Kier alpha value is -0.820. The summed E-state index contributed by atoms with van der Waals surface area (Å²) in [5, 5.41) is 0. The lowest BCUT2D eigenvalue weighted by atomic mass is 9.80. The summed E-state index contributed by atoms with van der Waals surface area (Å²) in [7, 11) is 0. The molecule has 0 spiro atoms. The van der Waals surface area contributed by atoms with Crippen molar-refractivity contribution < 1.29 is 0 Å². The highest BCUT2D eigenvalue weighted by Gasteiger charge is 2.19. The molecule has 1 aliphatic heterocycles. The number of rotatable bonds is 5. The highest BCUT2D eigenvalue weighted by atomic mass is 15.1. The molecular formula is C19H29N. The molecule has 1 heterocycles. The Bertz CT molecular complexity index is 406. The van der Waals surface area contributed by atoms with Crippen molar-refractivity contribution in [3.05, 3.63) is 35.4 Å². The van der Waals surface area contributed by atoms with Gasteiger partial charge in [0.25, 0.3) is 0 Å². The maximum Gasteiger partial charge on any atom is -0.00187 e. The number of piperidine rings is 1. The monoisotopic (exact) mass is 271 g/mol. The number of fused-ring (bicyclic) bond motifs is 1. The van der Waals surface area contributed by atoms with E-state index in [9.17, 15) is 0 Å². The summed E-state index contributed by atoms with van der Waals surface area (Å²) >= 11 is 0. The van der Waals surface area contributed by atoms with E-state index in [2.05, 4.69) is 29.2 Å². The number of likely N-dealkylation sites (tertiary alicyclic amines) is 1. The molecule has 0 unspecified atom stereocenters. The summed E-state index contributed by atoms with van der Waals surface area (Å²) in [6, 6.07) is 9.15. The van der Waals surface area contributed by atoms with Gasteiger partial charge in [0.1, 0.15) is 0 Å².